The molecule has 0 saturated heterocycles. The van der Waals surface area contributed by atoms with Gasteiger partial charge in [0.1, 0.15) is 12.4 Å². The van der Waals surface area contributed by atoms with E-state index in [1.165, 1.54) is 17.8 Å². The molecule has 3 rings (SSSR count). The Bertz CT molecular complexity index is 1110. The first-order valence-corrected chi connectivity index (χ1v) is 14.3. The maximum Gasteiger partial charge on any atom is 0.336 e. The van der Waals surface area contributed by atoms with Gasteiger partial charge in [0.05, 0.1) is 21.2 Å². The van der Waals surface area contributed by atoms with Gasteiger partial charge in [-0.3, -0.25) is 0 Å². The molecule has 0 aliphatic carbocycles. The quantitative estimate of drug-likeness (QED) is 0.444. The van der Waals surface area contributed by atoms with Gasteiger partial charge >= 0.3 is 5.97 Å². The van der Waals surface area contributed by atoms with E-state index in [0.29, 0.717) is 17.1 Å². The second-order valence-corrected chi connectivity index (χ2v) is 11.6. The highest BCUT2D eigenvalue weighted by Gasteiger charge is 2.42. The lowest BCUT2D eigenvalue weighted by atomic mass is 9.81. The van der Waals surface area contributed by atoms with Crippen LogP contribution >= 0.6 is 11.8 Å². The summed E-state index contributed by atoms with van der Waals surface area (Å²) in [5.74, 6) is -1.12. The number of aliphatic hydroxyl groups excluding tert-OH is 1. The van der Waals surface area contributed by atoms with E-state index >= 15 is 0 Å². The first kappa shape index (κ1) is 26.4. The molecule has 0 fully saturated rings. The predicted molar refractivity (Wildman–Crippen MR) is 135 cm³/mol. The number of carboxylic acids is 1. The Kier molecular flexibility index (Phi) is 8.54. The van der Waals surface area contributed by atoms with E-state index in [0.717, 1.165) is 31.4 Å². The van der Waals surface area contributed by atoms with E-state index in [1.807, 2.05) is 36.6 Å². The van der Waals surface area contributed by atoms with Gasteiger partial charge in [0, 0.05) is 23.7 Å². The van der Waals surface area contributed by atoms with Crippen LogP contribution in [0.15, 0.2) is 52.3 Å². The second-order valence-electron chi connectivity index (χ2n) is 8.77. The zero-order valence-corrected chi connectivity index (χ0v) is 21.5. The third kappa shape index (κ3) is 5.70. The van der Waals surface area contributed by atoms with Crippen molar-refractivity contribution >= 4 is 38.9 Å². The van der Waals surface area contributed by atoms with Crippen LogP contribution in [0.25, 0.3) is 0 Å². The van der Waals surface area contributed by atoms with E-state index in [2.05, 4.69) is 18.7 Å². The molecule has 0 amide bonds. The average Bonchev–Trinajstić information content (AvgIpc) is 2.93. The fourth-order valence-corrected chi connectivity index (χ4v) is 7.11. The standard InChI is InChI=1S/C25H33NO6S2/c1-4-6-12-25(5-2)16-26(18-10-8-7-9-11-18)19-13-22(33-3)21(32-15-20(27)24(28)29)14-23(19)34(30,31)17-25/h7-11,13-14,20,27H,4-6,12,15-17H2,1-3H3,(H,28,29). The number of sulfone groups is 1. The fraction of sp³-hybridized carbons (Fsp3) is 0.480. The number of aliphatic hydroxyl groups is 1. The lowest BCUT2D eigenvalue weighted by molar-refractivity contribution is -0.148. The number of unbranched alkanes of at least 4 members (excludes halogenated alkanes) is 1. The van der Waals surface area contributed by atoms with Crippen LogP contribution in [0.4, 0.5) is 11.4 Å². The van der Waals surface area contributed by atoms with Crippen molar-refractivity contribution in [2.75, 3.05) is 30.1 Å². The Morgan fingerprint density at radius 2 is 1.94 bits per heavy atom. The molecule has 7 nitrogen and oxygen atoms in total. The van der Waals surface area contributed by atoms with Crippen molar-refractivity contribution in [3.63, 3.8) is 0 Å². The van der Waals surface area contributed by atoms with E-state index in [4.69, 9.17) is 9.84 Å². The highest BCUT2D eigenvalue weighted by Crippen LogP contribution is 2.47. The highest BCUT2D eigenvalue weighted by atomic mass is 32.2. The molecule has 0 radical (unpaired) electrons. The number of thioether (sulfide) groups is 1. The summed E-state index contributed by atoms with van der Waals surface area (Å²) in [6, 6.07) is 13.1. The maximum absolute atomic E-state index is 13.8. The maximum atomic E-state index is 13.8. The lowest BCUT2D eigenvalue weighted by Gasteiger charge is -2.36. The minimum Gasteiger partial charge on any atom is -0.489 e. The van der Waals surface area contributed by atoms with Crippen LogP contribution in [0.2, 0.25) is 0 Å². The Hall–Kier alpha value is -2.23. The largest absolute Gasteiger partial charge is 0.489 e. The van der Waals surface area contributed by atoms with E-state index in [1.54, 1.807) is 6.07 Å². The summed E-state index contributed by atoms with van der Waals surface area (Å²) in [6.07, 6.45) is 3.61. The summed E-state index contributed by atoms with van der Waals surface area (Å²) >= 11 is 1.38. The number of rotatable bonds is 10. The van der Waals surface area contributed by atoms with Gasteiger partial charge < -0.3 is 19.8 Å². The van der Waals surface area contributed by atoms with Gasteiger partial charge in [0.2, 0.25) is 0 Å². The van der Waals surface area contributed by atoms with E-state index < -0.39 is 33.9 Å². The van der Waals surface area contributed by atoms with Crippen LogP contribution < -0.4 is 9.64 Å². The summed E-state index contributed by atoms with van der Waals surface area (Å²) < 4.78 is 33.1. The molecule has 0 spiro atoms. The van der Waals surface area contributed by atoms with Gasteiger partial charge in [-0.25, -0.2) is 13.2 Å². The van der Waals surface area contributed by atoms with Crippen molar-refractivity contribution in [2.24, 2.45) is 5.41 Å². The van der Waals surface area contributed by atoms with Crippen molar-refractivity contribution in [1.82, 2.24) is 0 Å². The van der Waals surface area contributed by atoms with Crippen LogP contribution in [-0.4, -0.2) is 55.9 Å². The number of ether oxygens (including phenoxy) is 1. The molecule has 34 heavy (non-hydrogen) atoms. The van der Waals surface area contributed by atoms with Crippen LogP contribution in [0.3, 0.4) is 0 Å². The smallest absolute Gasteiger partial charge is 0.336 e. The molecular formula is C25H33NO6S2. The minimum atomic E-state index is -3.68. The second kappa shape index (κ2) is 11.0. The molecule has 2 N–H and O–H groups in total. The third-order valence-corrected chi connectivity index (χ3v) is 9.17. The fourth-order valence-electron chi connectivity index (χ4n) is 4.38. The molecule has 2 aromatic carbocycles. The first-order chi connectivity index (χ1) is 16.2. The molecule has 0 aromatic heterocycles. The Morgan fingerprint density at radius 3 is 2.53 bits per heavy atom. The SMILES string of the molecule is CCCCC1(CC)CN(c2ccccc2)c2cc(SC)c(OCC(O)C(=O)O)cc2S(=O)(=O)C1. The molecule has 2 unspecified atom stereocenters. The van der Waals surface area contributed by atoms with Crippen LogP contribution in [0.5, 0.6) is 5.75 Å². The number of hydrogen-bond donors (Lipinski definition) is 2. The summed E-state index contributed by atoms with van der Waals surface area (Å²) in [5, 5.41) is 18.6. The zero-order chi connectivity index (χ0) is 24.9. The molecule has 1 heterocycles. The Balaban J connectivity index is 2.18. The summed E-state index contributed by atoms with van der Waals surface area (Å²) in [6.45, 7) is 4.27. The van der Waals surface area contributed by atoms with Crippen molar-refractivity contribution in [2.45, 2.75) is 55.4 Å². The lowest BCUT2D eigenvalue weighted by Crippen LogP contribution is -2.37. The summed E-state index contributed by atoms with van der Waals surface area (Å²) in [7, 11) is -3.68. The topological polar surface area (TPSA) is 104 Å². The van der Waals surface area contributed by atoms with Gasteiger partial charge in [-0.05, 0) is 37.3 Å². The van der Waals surface area contributed by atoms with Gasteiger partial charge in [0.25, 0.3) is 0 Å². The molecule has 9 heteroatoms. The van der Waals surface area contributed by atoms with Crippen molar-refractivity contribution in [1.29, 1.82) is 0 Å². The number of para-hydroxylation sites is 1. The first-order valence-electron chi connectivity index (χ1n) is 11.5. The molecule has 1 aliphatic heterocycles. The van der Waals surface area contributed by atoms with Crippen LogP contribution in [-0.2, 0) is 14.6 Å². The summed E-state index contributed by atoms with van der Waals surface area (Å²) in [4.78, 5) is 13.9. The molecule has 2 atom stereocenters. The number of benzene rings is 2. The number of nitrogens with zero attached hydrogens (tertiary/aromatic N) is 1. The van der Waals surface area contributed by atoms with Gasteiger partial charge in [-0.1, -0.05) is 44.9 Å². The zero-order valence-electron chi connectivity index (χ0n) is 19.9. The van der Waals surface area contributed by atoms with E-state index in [9.17, 15) is 18.3 Å². The predicted octanol–water partition coefficient (Wildman–Crippen LogP) is 4.74. The Morgan fingerprint density at radius 1 is 1.24 bits per heavy atom. The van der Waals surface area contributed by atoms with Gasteiger partial charge in [0.15, 0.2) is 15.9 Å². The average molecular weight is 508 g/mol. The summed E-state index contributed by atoms with van der Waals surface area (Å²) in [5.41, 5.74) is 1.09. The van der Waals surface area contributed by atoms with Gasteiger partial charge in [-0.2, -0.15) is 0 Å². The minimum absolute atomic E-state index is 0.0304. The molecule has 2 aromatic rings. The van der Waals surface area contributed by atoms with E-state index in [-0.39, 0.29) is 16.4 Å². The molecule has 186 valence electrons. The molecule has 0 bridgehead atoms. The Labute approximate surface area is 206 Å². The molecule has 0 saturated carbocycles. The number of carbonyl (C=O) groups is 1. The van der Waals surface area contributed by atoms with Crippen molar-refractivity contribution in [3.8, 4) is 5.75 Å². The number of aliphatic carboxylic acids is 1. The number of hydrogen-bond acceptors (Lipinski definition) is 7. The monoisotopic (exact) mass is 507 g/mol. The number of carboxylic acid groups (broad SMARTS) is 1. The molecule has 1 aliphatic rings. The van der Waals surface area contributed by atoms with Gasteiger partial charge in [-0.15, -0.1) is 11.8 Å². The normalized spacial score (nSPS) is 20.3. The number of anilines is 2. The number of fused-ring (bicyclic) bond motifs is 1. The third-order valence-electron chi connectivity index (χ3n) is 6.42. The highest BCUT2D eigenvalue weighted by molar-refractivity contribution is 7.98. The van der Waals surface area contributed by atoms with Crippen molar-refractivity contribution < 1.29 is 28.2 Å². The van der Waals surface area contributed by atoms with Crippen LogP contribution in [0.1, 0.15) is 39.5 Å². The van der Waals surface area contributed by atoms with Crippen molar-refractivity contribution in [3.05, 3.63) is 42.5 Å². The van der Waals surface area contributed by atoms with Crippen LogP contribution in [0, 0.1) is 5.41 Å². The molecular weight excluding hydrogens is 474 g/mol.